The van der Waals surface area contributed by atoms with E-state index in [2.05, 4.69) is 5.32 Å². The largest absolute Gasteiger partial charge is 0.387 e. The second-order valence-electron chi connectivity index (χ2n) is 4.76. The van der Waals surface area contributed by atoms with E-state index in [4.69, 9.17) is 0 Å². The summed E-state index contributed by atoms with van der Waals surface area (Å²) in [5.41, 5.74) is 1.32. The molecule has 0 spiro atoms. The van der Waals surface area contributed by atoms with Crippen LogP contribution in [-0.4, -0.2) is 11.7 Å². The summed E-state index contributed by atoms with van der Waals surface area (Å²) in [5, 5.41) is 13.1. The van der Waals surface area contributed by atoms with Gasteiger partial charge >= 0.3 is 0 Å². The average Bonchev–Trinajstić information content (AvgIpc) is 2.44. The average molecular weight is 277 g/mol. The highest BCUT2D eigenvalue weighted by atomic mass is 19.1. The lowest BCUT2D eigenvalue weighted by Gasteiger charge is -2.18. The fourth-order valence-electron chi connectivity index (χ4n) is 2.01. The molecule has 0 radical (unpaired) electrons. The van der Waals surface area contributed by atoms with Crippen molar-refractivity contribution >= 4 is 0 Å². The van der Waals surface area contributed by atoms with E-state index >= 15 is 0 Å². The second kappa shape index (κ2) is 6.59. The van der Waals surface area contributed by atoms with E-state index in [1.54, 1.807) is 18.2 Å². The van der Waals surface area contributed by atoms with Crippen molar-refractivity contribution in [2.24, 2.45) is 0 Å². The van der Waals surface area contributed by atoms with Crippen LogP contribution in [0.4, 0.5) is 8.78 Å². The van der Waals surface area contributed by atoms with Crippen LogP contribution in [-0.2, 0) is 0 Å². The third-order valence-electron chi connectivity index (χ3n) is 3.20. The van der Waals surface area contributed by atoms with Gasteiger partial charge in [-0.15, -0.1) is 0 Å². The van der Waals surface area contributed by atoms with Gasteiger partial charge in [0.2, 0.25) is 0 Å². The molecule has 2 N–H and O–H groups in total. The molecular weight excluding hydrogens is 260 g/mol. The van der Waals surface area contributed by atoms with Gasteiger partial charge in [-0.25, -0.2) is 8.78 Å². The lowest BCUT2D eigenvalue weighted by Crippen LogP contribution is -2.24. The number of hydrogen-bond acceptors (Lipinski definition) is 2. The molecule has 0 heterocycles. The van der Waals surface area contributed by atoms with Crippen molar-refractivity contribution in [3.63, 3.8) is 0 Å². The Morgan fingerprint density at radius 3 is 2.15 bits per heavy atom. The molecule has 0 saturated carbocycles. The number of rotatable bonds is 5. The quantitative estimate of drug-likeness (QED) is 0.878. The van der Waals surface area contributed by atoms with Crippen LogP contribution >= 0.6 is 0 Å². The summed E-state index contributed by atoms with van der Waals surface area (Å²) in [6.07, 6.45) is -0.804. The van der Waals surface area contributed by atoms with Crippen molar-refractivity contribution in [1.29, 1.82) is 0 Å². The number of hydrogen-bond donors (Lipinski definition) is 2. The molecule has 2 rings (SSSR count). The van der Waals surface area contributed by atoms with Gasteiger partial charge in [0.05, 0.1) is 6.10 Å². The molecule has 0 aliphatic rings. The first kappa shape index (κ1) is 14.6. The first-order valence-electron chi connectivity index (χ1n) is 6.48. The van der Waals surface area contributed by atoms with Gasteiger partial charge in [-0.1, -0.05) is 24.3 Å². The van der Waals surface area contributed by atoms with Gasteiger partial charge in [-0.05, 0) is 42.3 Å². The zero-order chi connectivity index (χ0) is 14.5. The minimum Gasteiger partial charge on any atom is -0.387 e. The Kier molecular flexibility index (Phi) is 4.82. The van der Waals surface area contributed by atoms with Gasteiger partial charge in [0, 0.05) is 12.6 Å². The minimum absolute atomic E-state index is 0.103. The molecule has 0 amide bonds. The molecule has 106 valence electrons. The zero-order valence-electron chi connectivity index (χ0n) is 11.2. The van der Waals surface area contributed by atoms with Crippen molar-refractivity contribution < 1.29 is 13.9 Å². The molecule has 0 bridgehead atoms. The highest BCUT2D eigenvalue weighted by molar-refractivity contribution is 5.21. The van der Waals surface area contributed by atoms with Crippen LogP contribution < -0.4 is 5.32 Å². The predicted octanol–water partition coefficient (Wildman–Crippen LogP) is 3.35. The Labute approximate surface area is 117 Å². The minimum atomic E-state index is -0.804. The van der Waals surface area contributed by atoms with Crippen molar-refractivity contribution in [2.45, 2.75) is 19.1 Å². The molecule has 0 aliphatic heterocycles. The first-order valence-corrected chi connectivity index (χ1v) is 6.48. The van der Waals surface area contributed by atoms with Crippen LogP contribution in [0.25, 0.3) is 0 Å². The number of benzene rings is 2. The van der Waals surface area contributed by atoms with E-state index in [1.165, 1.54) is 24.3 Å². The van der Waals surface area contributed by atoms with Gasteiger partial charge in [-0.3, -0.25) is 0 Å². The van der Waals surface area contributed by atoms with Crippen LogP contribution in [0.15, 0.2) is 48.5 Å². The van der Waals surface area contributed by atoms with E-state index in [-0.39, 0.29) is 24.2 Å². The Balaban J connectivity index is 1.94. The van der Waals surface area contributed by atoms with Gasteiger partial charge in [-0.2, -0.15) is 0 Å². The third-order valence-corrected chi connectivity index (χ3v) is 3.20. The fourth-order valence-corrected chi connectivity index (χ4v) is 2.01. The van der Waals surface area contributed by atoms with Crippen LogP contribution in [0.1, 0.15) is 30.2 Å². The molecule has 2 nitrogen and oxygen atoms in total. The van der Waals surface area contributed by atoms with Gasteiger partial charge < -0.3 is 10.4 Å². The summed E-state index contributed by atoms with van der Waals surface area (Å²) >= 11 is 0. The van der Waals surface area contributed by atoms with E-state index in [9.17, 15) is 13.9 Å². The summed E-state index contributed by atoms with van der Waals surface area (Å²) < 4.78 is 26.2. The van der Waals surface area contributed by atoms with Crippen LogP contribution in [0.3, 0.4) is 0 Å². The monoisotopic (exact) mass is 277 g/mol. The van der Waals surface area contributed by atoms with Crippen molar-refractivity contribution in [3.05, 3.63) is 71.3 Å². The Morgan fingerprint density at radius 1 is 1.00 bits per heavy atom. The smallest absolute Gasteiger partial charge is 0.123 e. The van der Waals surface area contributed by atoms with Gasteiger partial charge in [0.15, 0.2) is 0 Å². The van der Waals surface area contributed by atoms with E-state index in [1.807, 2.05) is 13.0 Å². The molecular formula is C16H17F2NO. The Morgan fingerprint density at radius 2 is 1.55 bits per heavy atom. The SMILES string of the molecule is C[C@H](NCC(O)c1cccc(F)c1)c1cccc(F)c1. The summed E-state index contributed by atoms with van der Waals surface area (Å²) in [4.78, 5) is 0. The van der Waals surface area contributed by atoms with Crippen LogP contribution in [0.5, 0.6) is 0 Å². The van der Waals surface area contributed by atoms with Crippen LogP contribution in [0.2, 0.25) is 0 Å². The van der Waals surface area contributed by atoms with Crippen molar-refractivity contribution in [1.82, 2.24) is 5.32 Å². The topological polar surface area (TPSA) is 32.3 Å². The normalized spacial score (nSPS) is 14.0. The molecule has 1 unspecified atom stereocenters. The Bertz CT molecular complexity index is 522. The van der Waals surface area contributed by atoms with Crippen molar-refractivity contribution in [3.8, 4) is 0 Å². The molecule has 2 atom stereocenters. The Hall–Kier alpha value is -1.78. The standard InChI is InChI=1S/C16H17F2NO/c1-11(12-4-2-6-14(17)8-12)19-10-16(20)13-5-3-7-15(18)9-13/h2-9,11,16,19-20H,10H2,1H3/t11-,16?/m0/s1. The highest BCUT2D eigenvalue weighted by Crippen LogP contribution is 2.17. The predicted molar refractivity (Wildman–Crippen MR) is 74.2 cm³/mol. The van der Waals surface area contributed by atoms with Gasteiger partial charge in [0.1, 0.15) is 11.6 Å². The maximum absolute atomic E-state index is 13.1. The maximum Gasteiger partial charge on any atom is 0.123 e. The summed E-state index contributed by atoms with van der Waals surface area (Å²) in [6.45, 7) is 2.15. The van der Waals surface area contributed by atoms with Crippen LogP contribution in [0, 0.1) is 11.6 Å². The maximum atomic E-state index is 13.1. The molecule has 2 aromatic carbocycles. The molecule has 0 aromatic heterocycles. The molecule has 2 aromatic rings. The summed E-state index contributed by atoms with van der Waals surface area (Å²) in [5.74, 6) is -0.665. The number of nitrogens with one attached hydrogen (secondary N) is 1. The summed E-state index contributed by atoms with van der Waals surface area (Å²) in [6, 6.07) is 12.1. The molecule has 0 aliphatic carbocycles. The summed E-state index contributed by atoms with van der Waals surface area (Å²) in [7, 11) is 0. The van der Waals surface area contributed by atoms with Crippen molar-refractivity contribution in [2.75, 3.05) is 6.54 Å². The lowest BCUT2D eigenvalue weighted by molar-refractivity contribution is 0.170. The first-order chi connectivity index (χ1) is 9.56. The van der Waals surface area contributed by atoms with E-state index in [0.29, 0.717) is 5.56 Å². The third kappa shape index (κ3) is 3.85. The van der Waals surface area contributed by atoms with E-state index < -0.39 is 6.10 Å². The molecule has 0 fully saturated rings. The molecule has 4 heteroatoms. The molecule has 20 heavy (non-hydrogen) atoms. The highest BCUT2D eigenvalue weighted by Gasteiger charge is 2.11. The zero-order valence-corrected chi connectivity index (χ0v) is 11.2. The van der Waals surface area contributed by atoms with E-state index in [0.717, 1.165) is 5.56 Å². The lowest BCUT2D eigenvalue weighted by atomic mass is 10.1. The molecule has 0 saturated heterocycles. The fraction of sp³-hybridized carbons (Fsp3) is 0.250. The number of halogens is 2. The van der Waals surface area contributed by atoms with Gasteiger partial charge in [0.25, 0.3) is 0 Å². The number of aliphatic hydroxyl groups is 1. The number of aliphatic hydroxyl groups excluding tert-OH is 1. The second-order valence-corrected chi connectivity index (χ2v) is 4.76.